The molecule has 3 aromatic heterocycles. The summed E-state index contributed by atoms with van der Waals surface area (Å²) in [7, 11) is 0. The van der Waals surface area contributed by atoms with Crippen LogP contribution in [0.2, 0.25) is 0 Å². The standard InChI is InChI=1S/C17H18N6/c1-12-20-17-6-5-14(11-23(17)21-12)19-9-13-10-22-7-3-2-4-16(22)15(13)8-18/h2-4,7,10,14,19H,5-6,9,11H2,1H3/t14-/m0/s1. The van der Waals surface area contributed by atoms with Crippen LogP contribution in [0, 0.1) is 18.3 Å². The lowest BCUT2D eigenvalue weighted by Gasteiger charge is -2.23. The first-order chi connectivity index (χ1) is 11.2. The van der Waals surface area contributed by atoms with E-state index in [2.05, 4.69) is 21.5 Å². The van der Waals surface area contributed by atoms with Crippen LogP contribution in [-0.2, 0) is 19.5 Å². The summed E-state index contributed by atoms with van der Waals surface area (Å²) in [6.45, 7) is 3.46. The van der Waals surface area contributed by atoms with E-state index in [4.69, 9.17) is 0 Å². The minimum Gasteiger partial charge on any atom is -0.322 e. The SMILES string of the molecule is Cc1nc2n(n1)C[C@@H](NCc1cn3ccccc3c1C#N)CC2. The number of rotatable bonds is 3. The molecule has 23 heavy (non-hydrogen) atoms. The monoisotopic (exact) mass is 306 g/mol. The molecule has 4 rings (SSSR count). The maximum Gasteiger partial charge on any atom is 0.147 e. The average Bonchev–Trinajstić information content (AvgIpc) is 3.10. The van der Waals surface area contributed by atoms with Crippen molar-refractivity contribution in [1.29, 1.82) is 5.26 Å². The summed E-state index contributed by atoms with van der Waals surface area (Å²) >= 11 is 0. The summed E-state index contributed by atoms with van der Waals surface area (Å²) in [5.74, 6) is 1.92. The Kier molecular flexibility index (Phi) is 3.36. The van der Waals surface area contributed by atoms with Crippen molar-refractivity contribution in [2.24, 2.45) is 0 Å². The van der Waals surface area contributed by atoms with Gasteiger partial charge in [0.15, 0.2) is 0 Å². The van der Waals surface area contributed by atoms with Gasteiger partial charge in [0.2, 0.25) is 0 Å². The Morgan fingerprint density at radius 1 is 1.43 bits per heavy atom. The van der Waals surface area contributed by atoms with Crippen LogP contribution < -0.4 is 5.32 Å². The van der Waals surface area contributed by atoms with E-state index in [1.54, 1.807) is 0 Å². The normalized spacial score (nSPS) is 17.1. The highest BCUT2D eigenvalue weighted by Gasteiger charge is 2.21. The highest BCUT2D eigenvalue weighted by atomic mass is 15.4. The topological polar surface area (TPSA) is 70.9 Å². The minimum atomic E-state index is 0.359. The quantitative estimate of drug-likeness (QED) is 0.801. The Morgan fingerprint density at radius 2 is 2.35 bits per heavy atom. The van der Waals surface area contributed by atoms with Gasteiger partial charge in [0.1, 0.15) is 17.7 Å². The van der Waals surface area contributed by atoms with E-state index >= 15 is 0 Å². The Morgan fingerprint density at radius 3 is 3.22 bits per heavy atom. The van der Waals surface area contributed by atoms with E-state index in [1.165, 1.54) is 0 Å². The molecule has 0 saturated carbocycles. The van der Waals surface area contributed by atoms with Gasteiger partial charge in [-0.1, -0.05) is 6.07 Å². The van der Waals surface area contributed by atoms with Crippen LogP contribution in [0.15, 0.2) is 30.6 Å². The van der Waals surface area contributed by atoms with Crippen LogP contribution in [0.5, 0.6) is 0 Å². The molecule has 1 N–H and O–H groups in total. The van der Waals surface area contributed by atoms with Crippen LogP contribution in [0.3, 0.4) is 0 Å². The number of aryl methyl sites for hydroxylation is 2. The van der Waals surface area contributed by atoms with Crippen LogP contribution in [0.1, 0.15) is 29.2 Å². The minimum absolute atomic E-state index is 0.359. The Bertz CT molecular complexity index is 898. The number of pyridine rings is 1. The lowest BCUT2D eigenvalue weighted by atomic mass is 10.1. The van der Waals surface area contributed by atoms with Crippen molar-refractivity contribution in [3.8, 4) is 6.07 Å². The number of nitrogens with zero attached hydrogens (tertiary/aromatic N) is 5. The number of hydrogen-bond donors (Lipinski definition) is 1. The lowest BCUT2D eigenvalue weighted by Crippen LogP contribution is -2.37. The van der Waals surface area contributed by atoms with Crippen molar-refractivity contribution in [2.45, 2.75) is 38.9 Å². The molecule has 4 heterocycles. The van der Waals surface area contributed by atoms with Gasteiger partial charge in [0.25, 0.3) is 0 Å². The molecule has 0 fully saturated rings. The maximum absolute atomic E-state index is 9.46. The molecule has 0 saturated heterocycles. The van der Waals surface area contributed by atoms with Gasteiger partial charge in [0.05, 0.1) is 17.6 Å². The second kappa shape index (κ2) is 5.52. The molecular formula is C17H18N6. The van der Waals surface area contributed by atoms with Crippen molar-refractivity contribution < 1.29 is 0 Å². The zero-order valence-electron chi connectivity index (χ0n) is 13.0. The third-order valence-corrected chi connectivity index (χ3v) is 4.42. The van der Waals surface area contributed by atoms with Crippen molar-refractivity contribution in [2.75, 3.05) is 0 Å². The summed E-state index contributed by atoms with van der Waals surface area (Å²) in [5, 5.41) is 17.5. The third kappa shape index (κ3) is 2.49. The first-order valence-corrected chi connectivity index (χ1v) is 7.87. The number of aromatic nitrogens is 4. The average molecular weight is 306 g/mol. The molecule has 1 atom stereocenters. The fraction of sp³-hybridized carbons (Fsp3) is 0.353. The molecule has 116 valence electrons. The molecule has 0 radical (unpaired) electrons. The number of fused-ring (bicyclic) bond motifs is 2. The Balaban J connectivity index is 1.51. The van der Waals surface area contributed by atoms with Crippen molar-refractivity contribution in [3.05, 3.63) is 53.4 Å². The molecule has 1 aliphatic heterocycles. The molecule has 0 aromatic carbocycles. The highest BCUT2D eigenvalue weighted by Crippen LogP contribution is 2.19. The first kappa shape index (κ1) is 14.0. The second-order valence-corrected chi connectivity index (χ2v) is 6.01. The second-order valence-electron chi connectivity index (χ2n) is 6.01. The number of nitrogens with one attached hydrogen (secondary N) is 1. The van der Waals surface area contributed by atoms with E-state index in [9.17, 15) is 5.26 Å². The Labute approximate surface area is 134 Å². The molecule has 0 amide bonds. The maximum atomic E-state index is 9.46. The summed E-state index contributed by atoms with van der Waals surface area (Å²) in [6.07, 6.45) is 6.01. The molecule has 0 spiro atoms. The van der Waals surface area contributed by atoms with Crippen molar-refractivity contribution >= 4 is 5.52 Å². The lowest BCUT2D eigenvalue weighted by molar-refractivity contribution is 0.357. The highest BCUT2D eigenvalue weighted by molar-refractivity contribution is 5.65. The van der Waals surface area contributed by atoms with Gasteiger partial charge in [-0.25, -0.2) is 9.67 Å². The molecule has 0 bridgehead atoms. The molecule has 6 nitrogen and oxygen atoms in total. The zero-order valence-corrected chi connectivity index (χ0v) is 13.0. The van der Waals surface area contributed by atoms with Crippen LogP contribution in [0.4, 0.5) is 0 Å². The van der Waals surface area contributed by atoms with Crippen molar-refractivity contribution in [1.82, 2.24) is 24.5 Å². The molecular weight excluding hydrogens is 288 g/mol. The van der Waals surface area contributed by atoms with Crippen LogP contribution >= 0.6 is 0 Å². The van der Waals surface area contributed by atoms with Gasteiger partial charge < -0.3 is 9.72 Å². The molecule has 0 unspecified atom stereocenters. The van der Waals surface area contributed by atoms with Gasteiger partial charge >= 0.3 is 0 Å². The van der Waals surface area contributed by atoms with Gasteiger partial charge in [-0.15, -0.1) is 0 Å². The van der Waals surface area contributed by atoms with E-state index in [-0.39, 0.29) is 0 Å². The van der Waals surface area contributed by atoms with E-state index in [0.29, 0.717) is 12.6 Å². The number of hydrogen-bond acceptors (Lipinski definition) is 4. The Hall–Kier alpha value is -2.65. The zero-order chi connectivity index (χ0) is 15.8. The summed E-state index contributed by atoms with van der Waals surface area (Å²) in [4.78, 5) is 4.44. The molecule has 6 heteroatoms. The van der Waals surface area contributed by atoms with E-state index < -0.39 is 0 Å². The smallest absolute Gasteiger partial charge is 0.147 e. The summed E-state index contributed by atoms with van der Waals surface area (Å²) in [5.41, 5.74) is 2.76. The van der Waals surface area contributed by atoms with E-state index in [1.807, 2.05) is 46.6 Å². The van der Waals surface area contributed by atoms with Crippen LogP contribution in [0.25, 0.3) is 5.52 Å². The summed E-state index contributed by atoms with van der Waals surface area (Å²) < 4.78 is 4.01. The molecule has 3 aromatic rings. The largest absolute Gasteiger partial charge is 0.322 e. The molecule has 1 aliphatic rings. The predicted octanol–water partition coefficient (Wildman–Crippen LogP) is 1.82. The van der Waals surface area contributed by atoms with Gasteiger partial charge in [-0.2, -0.15) is 10.4 Å². The summed E-state index contributed by atoms with van der Waals surface area (Å²) in [6, 6.07) is 8.61. The van der Waals surface area contributed by atoms with Crippen molar-refractivity contribution in [3.63, 3.8) is 0 Å². The van der Waals surface area contributed by atoms with E-state index in [0.717, 1.165) is 47.7 Å². The third-order valence-electron chi connectivity index (χ3n) is 4.42. The fourth-order valence-corrected chi connectivity index (χ4v) is 3.30. The van der Waals surface area contributed by atoms with Crippen LogP contribution in [-0.4, -0.2) is 25.2 Å². The van der Waals surface area contributed by atoms with Gasteiger partial charge in [0, 0.05) is 37.0 Å². The predicted molar refractivity (Wildman–Crippen MR) is 85.8 cm³/mol. The fourth-order valence-electron chi connectivity index (χ4n) is 3.30. The first-order valence-electron chi connectivity index (χ1n) is 7.87. The number of nitriles is 1. The van der Waals surface area contributed by atoms with Gasteiger partial charge in [-0.05, 0) is 25.5 Å². The van der Waals surface area contributed by atoms with Gasteiger partial charge in [-0.3, -0.25) is 0 Å². The molecule has 0 aliphatic carbocycles.